The predicted octanol–water partition coefficient (Wildman–Crippen LogP) is 2.22. The lowest BCUT2D eigenvalue weighted by Gasteiger charge is -2.35. The fourth-order valence-corrected chi connectivity index (χ4v) is 2.68. The summed E-state index contributed by atoms with van der Waals surface area (Å²) < 4.78 is 11.9. The molecule has 0 bridgehead atoms. The highest BCUT2D eigenvalue weighted by Crippen LogP contribution is 2.50. The van der Waals surface area contributed by atoms with Crippen LogP contribution in [0.5, 0.6) is 11.5 Å². The van der Waals surface area contributed by atoms with E-state index in [-0.39, 0.29) is 5.56 Å². The summed E-state index contributed by atoms with van der Waals surface area (Å²) in [5.41, 5.74) is 0.265. The third-order valence-corrected chi connectivity index (χ3v) is 3.99. The van der Waals surface area contributed by atoms with Gasteiger partial charge in [-0.2, -0.15) is 0 Å². The van der Waals surface area contributed by atoms with Crippen LogP contribution in [0.1, 0.15) is 30.9 Å². The second kappa shape index (κ2) is 3.86. The zero-order valence-electron chi connectivity index (χ0n) is 9.35. The van der Waals surface area contributed by atoms with E-state index in [4.69, 9.17) is 14.6 Å². The number of ether oxygens (including phenoxy) is 2. The smallest absolute Gasteiger partial charge is 0.337 e. The van der Waals surface area contributed by atoms with Gasteiger partial charge in [-0.05, 0) is 18.6 Å². The molecule has 5 nitrogen and oxygen atoms in total. The number of carbonyl (C=O) groups is 1. The van der Waals surface area contributed by atoms with Gasteiger partial charge < -0.3 is 19.7 Å². The van der Waals surface area contributed by atoms with Crippen molar-refractivity contribution >= 4 is 21.9 Å². The fourth-order valence-electron chi connectivity index (χ4n) is 2.14. The standard InChI is InChI=1S/C12H11BrO5/c13-7-5-9-8(4-6(7)10(14)11(15)16)17-12(18-9)2-1-3-12/h4-5,10,14H,1-3H2,(H,15,16). The van der Waals surface area contributed by atoms with Crippen LogP contribution in [0.25, 0.3) is 0 Å². The molecule has 0 aromatic heterocycles. The van der Waals surface area contributed by atoms with Gasteiger partial charge in [0.05, 0.1) is 0 Å². The van der Waals surface area contributed by atoms with Crippen molar-refractivity contribution < 1.29 is 24.5 Å². The van der Waals surface area contributed by atoms with Crippen molar-refractivity contribution in [3.63, 3.8) is 0 Å². The second-order valence-electron chi connectivity index (χ2n) is 4.53. The van der Waals surface area contributed by atoms with Gasteiger partial charge in [-0.1, -0.05) is 15.9 Å². The number of hydrogen-bond donors (Lipinski definition) is 2. The van der Waals surface area contributed by atoms with E-state index in [0.717, 1.165) is 19.3 Å². The van der Waals surface area contributed by atoms with Gasteiger partial charge in [0.1, 0.15) is 0 Å². The van der Waals surface area contributed by atoms with Crippen LogP contribution in [0.4, 0.5) is 0 Å². The molecule has 1 aromatic rings. The Morgan fingerprint density at radius 1 is 1.33 bits per heavy atom. The van der Waals surface area contributed by atoms with Crippen LogP contribution < -0.4 is 9.47 Å². The quantitative estimate of drug-likeness (QED) is 0.875. The van der Waals surface area contributed by atoms with Gasteiger partial charge in [-0.25, -0.2) is 4.79 Å². The lowest BCUT2D eigenvalue weighted by atomic mass is 9.91. The summed E-state index contributed by atoms with van der Waals surface area (Å²) in [4.78, 5) is 10.8. The first kappa shape index (κ1) is 11.8. The van der Waals surface area contributed by atoms with Gasteiger partial charge in [-0.15, -0.1) is 0 Å². The van der Waals surface area contributed by atoms with E-state index in [1.807, 2.05) is 0 Å². The fraction of sp³-hybridized carbons (Fsp3) is 0.417. The minimum atomic E-state index is -1.58. The molecule has 2 N–H and O–H groups in total. The molecule has 0 saturated heterocycles. The number of halogens is 1. The Balaban J connectivity index is 1.97. The Morgan fingerprint density at radius 3 is 2.44 bits per heavy atom. The summed E-state index contributed by atoms with van der Waals surface area (Å²) in [6.45, 7) is 0. The highest BCUT2D eigenvalue weighted by Gasteiger charge is 2.47. The highest BCUT2D eigenvalue weighted by atomic mass is 79.9. The molecular weight excluding hydrogens is 304 g/mol. The summed E-state index contributed by atoms with van der Waals surface area (Å²) >= 11 is 3.24. The Kier molecular flexibility index (Phi) is 2.53. The molecule has 1 heterocycles. The van der Waals surface area contributed by atoms with Crippen molar-refractivity contribution in [3.05, 3.63) is 22.2 Å². The summed E-state index contributed by atoms with van der Waals surface area (Å²) in [6, 6.07) is 3.16. The molecule has 1 spiro atoms. The monoisotopic (exact) mass is 314 g/mol. The molecule has 6 heteroatoms. The van der Waals surface area contributed by atoms with Crippen molar-refractivity contribution in [3.8, 4) is 11.5 Å². The minimum Gasteiger partial charge on any atom is -0.479 e. The summed E-state index contributed by atoms with van der Waals surface area (Å²) in [5.74, 6) is -0.779. The van der Waals surface area contributed by atoms with E-state index in [2.05, 4.69) is 15.9 Å². The predicted molar refractivity (Wildman–Crippen MR) is 64.6 cm³/mol. The molecule has 0 amide bonds. The molecule has 96 valence electrons. The molecule has 1 atom stereocenters. The first-order valence-electron chi connectivity index (χ1n) is 5.63. The van der Waals surface area contributed by atoms with Crippen molar-refractivity contribution in [2.24, 2.45) is 0 Å². The third-order valence-electron chi connectivity index (χ3n) is 3.30. The summed E-state index contributed by atoms with van der Waals surface area (Å²) in [6.07, 6.45) is 1.14. The largest absolute Gasteiger partial charge is 0.479 e. The van der Waals surface area contributed by atoms with Crippen LogP contribution in [0, 0.1) is 0 Å². The Morgan fingerprint density at radius 2 is 1.94 bits per heavy atom. The average molecular weight is 315 g/mol. The number of aliphatic hydroxyl groups is 1. The van der Waals surface area contributed by atoms with Crippen molar-refractivity contribution in [2.45, 2.75) is 31.2 Å². The topological polar surface area (TPSA) is 76.0 Å². The molecule has 0 radical (unpaired) electrons. The van der Waals surface area contributed by atoms with Crippen LogP contribution >= 0.6 is 15.9 Å². The molecule has 1 fully saturated rings. The van der Waals surface area contributed by atoms with Gasteiger partial charge in [-0.3, -0.25) is 0 Å². The first-order chi connectivity index (χ1) is 8.51. The number of hydrogen-bond acceptors (Lipinski definition) is 4. The number of aliphatic hydroxyl groups excluding tert-OH is 1. The lowest BCUT2D eigenvalue weighted by Crippen LogP contribution is -2.45. The van der Waals surface area contributed by atoms with Crippen LogP contribution in [0.15, 0.2) is 16.6 Å². The van der Waals surface area contributed by atoms with Crippen molar-refractivity contribution in [2.75, 3.05) is 0 Å². The van der Waals surface area contributed by atoms with Crippen LogP contribution in [0.3, 0.4) is 0 Å². The third kappa shape index (κ3) is 1.67. The molecular formula is C12H11BrO5. The summed E-state index contributed by atoms with van der Waals surface area (Å²) in [5, 5.41) is 18.4. The number of fused-ring (bicyclic) bond motifs is 1. The van der Waals surface area contributed by atoms with E-state index in [9.17, 15) is 9.90 Å². The van der Waals surface area contributed by atoms with E-state index >= 15 is 0 Å². The normalized spacial score (nSPS) is 20.6. The Bertz CT molecular complexity index is 523. The maximum Gasteiger partial charge on any atom is 0.337 e. The molecule has 3 rings (SSSR count). The van der Waals surface area contributed by atoms with Crippen LogP contribution in [0.2, 0.25) is 0 Å². The zero-order valence-corrected chi connectivity index (χ0v) is 10.9. The van der Waals surface area contributed by atoms with E-state index < -0.39 is 17.9 Å². The van der Waals surface area contributed by atoms with Crippen LogP contribution in [-0.4, -0.2) is 22.0 Å². The first-order valence-corrected chi connectivity index (χ1v) is 6.42. The Labute approximate surface area is 111 Å². The maximum atomic E-state index is 10.8. The minimum absolute atomic E-state index is 0.265. The molecule has 1 aliphatic heterocycles. The number of carboxylic acids is 1. The summed E-state index contributed by atoms with van der Waals surface area (Å²) in [7, 11) is 0. The highest BCUT2D eigenvalue weighted by molar-refractivity contribution is 9.10. The number of aliphatic carboxylic acids is 1. The lowest BCUT2D eigenvalue weighted by molar-refractivity contribution is -0.147. The van der Waals surface area contributed by atoms with Gasteiger partial charge in [0.2, 0.25) is 0 Å². The molecule has 2 aliphatic rings. The van der Waals surface area contributed by atoms with Crippen molar-refractivity contribution in [1.82, 2.24) is 0 Å². The number of rotatable bonds is 2. The average Bonchev–Trinajstić information content (AvgIpc) is 2.65. The van der Waals surface area contributed by atoms with Crippen molar-refractivity contribution in [1.29, 1.82) is 0 Å². The maximum absolute atomic E-state index is 10.8. The molecule has 1 saturated carbocycles. The van der Waals surface area contributed by atoms with Crippen LogP contribution in [-0.2, 0) is 4.79 Å². The Hall–Kier alpha value is -1.27. The number of benzene rings is 1. The van der Waals surface area contributed by atoms with E-state index in [0.29, 0.717) is 16.0 Å². The van der Waals surface area contributed by atoms with Gasteiger partial charge >= 0.3 is 5.97 Å². The zero-order chi connectivity index (χ0) is 12.9. The molecule has 1 unspecified atom stereocenters. The second-order valence-corrected chi connectivity index (χ2v) is 5.38. The SMILES string of the molecule is O=C(O)C(O)c1cc2c(cc1Br)OC1(CCC1)O2. The number of carboxylic acid groups (broad SMARTS) is 1. The van der Waals surface area contributed by atoms with E-state index in [1.54, 1.807) is 6.07 Å². The van der Waals surface area contributed by atoms with E-state index in [1.165, 1.54) is 6.07 Å². The molecule has 1 aromatic carbocycles. The van der Waals surface area contributed by atoms with Gasteiger partial charge in [0, 0.05) is 22.9 Å². The van der Waals surface area contributed by atoms with Gasteiger partial charge in [0.25, 0.3) is 5.79 Å². The van der Waals surface area contributed by atoms with Gasteiger partial charge in [0.15, 0.2) is 17.6 Å². The molecule has 18 heavy (non-hydrogen) atoms. The molecule has 1 aliphatic carbocycles.